The minimum atomic E-state index is 0.157. The van der Waals surface area contributed by atoms with Gasteiger partial charge in [-0.15, -0.1) is 10.2 Å². The fraction of sp³-hybridized carbons (Fsp3) is 0.867. The zero-order valence-corrected chi connectivity index (χ0v) is 12.6. The average molecular weight is 279 g/mol. The van der Waals surface area contributed by atoms with Crippen LogP contribution in [0.15, 0.2) is 4.42 Å². The van der Waals surface area contributed by atoms with Gasteiger partial charge in [-0.25, -0.2) is 0 Å². The molecule has 1 aliphatic carbocycles. The maximum Gasteiger partial charge on any atom is 0.222 e. The van der Waals surface area contributed by atoms with Gasteiger partial charge in [-0.1, -0.05) is 6.92 Å². The van der Waals surface area contributed by atoms with E-state index in [1.165, 1.54) is 12.8 Å². The predicted molar refractivity (Wildman–Crippen MR) is 75.6 cm³/mol. The third-order valence-corrected chi connectivity index (χ3v) is 4.59. The first-order chi connectivity index (χ1) is 9.65. The van der Waals surface area contributed by atoms with E-state index < -0.39 is 0 Å². The number of hydrogen-bond acceptors (Lipinski definition) is 5. The summed E-state index contributed by atoms with van der Waals surface area (Å²) in [5, 5.41) is 11.9. The number of ether oxygens (including phenoxy) is 1. The zero-order valence-electron chi connectivity index (χ0n) is 12.6. The average Bonchev–Trinajstić information content (AvgIpc) is 3.07. The van der Waals surface area contributed by atoms with Gasteiger partial charge >= 0.3 is 0 Å². The summed E-state index contributed by atoms with van der Waals surface area (Å²) >= 11 is 0. The monoisotopic (exact) mass is 279 g/mol. The standard InChI is InChI=1S/C15H25N3O2/c1-9-10(2)19-11(3)14(9)15-18-17-13(20-15)5-4-8-16-12-6-7-12/h9-12,14,16H,4-8H2,1-3H3. The lowest BCUT2D eigenvalue weighted by Gasteiger charge is -2.13. The van der Waals surface area contributed by atoms with Crippen molar-refractivity contribution in [1.82, 2.24) is 15.5 Å². The molecular formula is C15H25N3O2. The largest absolute Gasteiger partial charge is 0.425 e. The molecule has 1 saturated carbocycles. The minimum absolute atomic E-state index is 0.157. The van der Waals surface area contributed by atoms with E-state index in [1.54, 1.807) is 0 Å². The Balaban J connectivity index is 1.53. The molecule has 4 atom stereocenters. The van der Waals surface area contributed by atoms with E-state index in [0.29, 0.717) is 5.92 Å². The third-order valence-electron chi connectivity index (χ3n) is 4.59. The molecule has 3 rings (SSSR count). The van der Waals surface area contributed by atoms with Gasteiger partial charge in [0.05, 0.1) is 18.1 Å². The number of aryl methyl sites for hydroxylation is 1. The summed E-state index contributed by atoms with van der Waals surface area (Å²) in [6, 6.07) is 0.770. The van der Waals surface area contributed by atoms with E-state index in [-0.39, 0.29) is 18.1 Å². The van der Waals surface area contributed by atoms with E-state index in [0.717, 1.165) is 37.2 Å². The van der Waals surface area contributed by atoms with Gasteiger partial charge in [0.15, 0.2) is 0 Å². The Kier molecular flexibility index (Phi) is 4.08. The third kappa shape index (κ3) is 3.04. The topological polar surface area (TPSA) is 60.2 Å². The van der Waals surface area contributed by atoms with Crippen molar-refractivity contribution in [1.29, 1.82) is 0 Å². The second-order valence-corrected chi connectivity index (χ2v) is 6.30. The lowest BCUT2D eigenvalue weighted by molar-refractivity contribution is 0.0544. The van der Waals surface area contributed by atoms with Crippen LogP contribution < -0.4 is 5.32 Å². The van der Waals surface area contributed by atoms with Crippen molar-refractivity contribution in [2.75, 3.05) is 6.54 Å². The number of aromatic nitrogens is 2. The molecule has 20 heavy (non-hydrogen) atoms. The van der Waals surface area contributed by atoms with Gasteiger partial charge in [0.25, 0.3) is 0 Å². The van der Waals surface area contributed by atoms with Crippen LogP contribution in [0.25, 0.3) is 0 Å². The van der Waals surface area contributed by atoms with Crippen molar-refractivity contribution in [3.8, 4) is 0 Å². The van der Waals surface area contributed by atoms with Crippen LogP contribution >= 0.6 is 0 Å². The van der Waals surface area contributed by atoms with E-state index >= 15 is 0 Å². The quantitative estimate of drug-likeness (QED) is 0.810. The number of rotatable bonds is 6. The molecule has 1 saturated heterocycles. The highest BCUT2D eigenvalue weighted by atomic mass is 16.5. The van der Waals surface area contributed by atoms with Crippen LogP contribution in [-0.4, -0.2) is 35.0 Å². The van der Waals surface area contributed by atoms with Gasteiger partial charge in [-0.05, 0) is 45.6 Å². The molecule has 5 nitrogen and oxygen atoms in total. The van der Waals surface area contributed by atoms with Crippen LogP contribution in [0.2, 0.25) is 0 Å². The summed E-state index contributed by atoms with van der Waals surface area (Å²) in [5.41, 5.74) is 0. The van der Waals surface area contributed by atoms with E-state index in [1.807, 2.05) is 0 Å². The highest BCUT2D eigenvalue weighted by Crippen LogP contribution is 2.39. The van der Waals surface area contributed by atoms with E-state index in [2.05, 4.69) is 36.3 Å². The fourth-order valence-corrected chi connectivity index (χ4v) is 3.03. The summed E-state index contributed by atoms with van der Waals surface area (Å²) < 4.78 is 11.7. The Bertz CT molecular complexity index is 444. The van der Waals surface area contributed by atoms with Crippen LogP contribution in [0.4, 0.5) is 0 Å². The highest BCUT2D eigenvalue weighted by molar-refractivity contribution is 5.02. The second kappa shape index (κ2) is 5.82. The lowest BCUT2D eigenvalue weighted by atomic mass is 9.89. The molecule has 2 aliphatic rings. The van der Waals surface area contributed by atoms with Gasteiger partial charge in [-0.3, -0.25) is 0 Å². The Morgan fingerprint density at radius 3 is 2.60 bits per heavy atom. The van der Waals surface area contributed by atoms with Crippen LogP contribution in [0.3, 0.4) is 0 Å². The molecule has 0 aromatic carbocycles. The molecule has 0 amide bonds. The molecule has 1 N–H and O–H groups in total. The van der Waals surface area contributed by atoms with Crippen molar-refractivity contribution in [2.24, 2.45) is 5.92 Å². The normalized spacial score (nSPS) is 33.8. The van der Waals surface area contributed by atoms with Crippen molar-refractivity contribution >= 4 is 0 Å². The molecular weight excluding hydrogens is 254 g/mol. The van der Waals surface area contributed by atoms with Crippen molar-refractivity contribution < 1.29 is 9.15 Å². The zero-order chi connectivity index (χ0) is 14.1. The summed E-state index contributed by atoms with van der Waals surface area (Å²) in [5.74, 6) is 2.17. The Morgan fingerprint density at radius 2 is 1.95 bits per heavy atom. The minimum Gasteiger partial charge on any atom is -0.425 e. The first kappa shape index (κ1) is 14.0. The first-order valence-corrected chi connectivity index (χ1v) is 7.86. The van der Waals surface area contributed by atoms with Gasteiger partial charge in [0.1, 0.15) is 0 Å². The molecule has 5 heteroatoms. The predicted octanol–water partition coefficient (Wildman–Crippen LogP) is 2.28. The fourth-order valence-electron chi connectivity index (χ4n) is 3.03. The first-order valence-electron chi connectivity index (χ1n) is 7.86. The molecule has 0 bridgehead atoms. The summed E-state index contributed by atoms with van der Waals surface area (Å²) in [4.78, 5) is 0. The van der Waals surface area contributed by atoms with E-state index in [4.69, 9.17) is 9.15 Å². The molecule has 0 radical (unpaired) electrons. The van der Waals surface area contributed by atoms with E-state index in [9.17, 15) is 0 Å². The highest BCUT2D eigenvalue weighted by Gasteiger charge is 2.41. The molecule has 1 aliphatic heterocycles. The summed E-state index contributed by atoms with van der Waals surface area (Å²) in [6.45, 7) is 7.44. The summed E-state index contributed by atoms with van der Waals surface area (Å²) in [6.07, 6.45) is 5.00. The second-order valence-electron chi connectivity index (χ2n) is 6.30. The molecule has 4 unspecified atom stereocenters. The maximum atomic E-state index is 5.85. The Hall–Kier alpha value is -0.940. The van der Waals surface area contributed by atoms with Gasteiger partial charge in [0.2, 0.25) is 11.8 Å². The number of nitrogens with zero attached hydrogens (tertiary/aromatic N) is 2. The number of nitrogens with one attached hydrogen (secondary N) is 1. The van der Waals surface area contributed by atoms with Crippen LogP contribution in [-0.2, 0) is 11.2 Å². The molecule has 2 heterocycles. The van der Waals surface area contributed by atoms with Crippen LogP contribution in [0.5, 0.6) is 0 Å². The van der Waals surface area contributed by atoms with Crippen LogP contribution in [0, 0.1) is 5.92 Å². The Morgan fingerprint density at radius 1 is 1.15 bits per heavy atom. The number of hydrogen-bond donors (Lipinski definition) is 1. The molecule has 1 aromatic heterocycles. The van der Waals surface area contributed by atoms with Crippen molar-refractivity contribution in [3.63, 3.8) is 0 Å². The van der Waals surface area contributed by atoms with Gasteiger partial charge < -0.3 is 14.5 Å². The van der Waals surface area contributed by atoms with Crippen molar-refractivity contribution in [2.45, 2.75) is 70.6 Å². The molecule has 2 fully saturated rings. The smallest absolute Gasteiger partial charge is 0.222 e. The molecule has 0 spiro atoms. The van der Waals surface area contributed by atoms with Crippen LogP contribution in [0.1, 0.15) is 57.7 Å². The maximum absolute atomic E-state index is 5.85. The van der Waals surface area contributed by atoms with Gasteiger partial charge in [0, 0.05) is 12.5 Å². The molecule has 112 valence electrons. The summed E-state index contributed by atoms with van der Waals surface area (Å²) in [7, 11) is 0. The lowest BCUT2D eigenvalue weighted by Crippen LogP contribution is -2.17. The van der Waals surface area contributed by atoms with Crippen molar-refractivity contribution in [3.05, 3.63) is 11.8 Å². The SMILES string of the molecule is CC1OC(C)C(c2nnc(CCCNC3CC3)o2)C1C. The Labute approximate surface area is 120 Å². The van der Waals surface area contributed by atoms with Gasteiger partial charge in [-0.2, -0.15) is 0 Å². The molecule has 1 aromatic rings.